The van der Waals surface area contributed by atoms with Crippen LogP contribution >= 0.6 is 0 Å². The van der Waals surface area contributed by atoms with E-state index in [1.165, 1.54) is 0 Å². The van der Waals surface area contributed by atoms with Crippen molar-refractivity contribution >= 4 is 12.0 Å². The number of likely N-dealkylation sites (N-methyl/N-ethyl adjacent to an activating group) is 1. The fraction of sp³-hybridized carbons (Fsp3) is 0.833. The Morgan fingerprint density at radius 3 is 2.72 bits per heavy atom. The van der Waals surface area contributed by atoms with Crippen molar-refractivity contribution in [2.45, 2.75) is 26.3 Å². The van der Waals surface area contributed by atoms with Crippen LogP contribution in [-0.2, 0) is 4.79 Å². The lowest BCUT2D eigenvalue weighted by atomic mass is 10.2. The largest absolute Gasteiger partial charge is 0.481 e. The fourth-order valence-corrected chi connectivity index (χ4v) is 2.10. The number of rotatable bonds is 3. The summed E-state index contributed by atoms with van der Waals surface area (Å²) in [5.41, 5.74) is 0. The highest BCUT2D eigenvalue weighted by Crippen LogP contribution is 2.08. The molecular formula is C12H23N3O3. The molecule has 0 saturated carbocycles. The van der Waals surface area contributed by atoms with Crippen molar-refractivity contribution in [1.29, 1.82) is 0 Å². The first-order valence-electron chi connectivity index (χ1n) is 6.37. The number of carboxylic acids is 1. The second kappa shape index (κ2) is 6.58. The zero-order valence-corrected chi connectivity index (χ0v) is 11.3. The highest BCUT2D eigenvalue weighted by atomic mass is 16.4. The zero-order chi connectivity index (χ0) is 13.7. The summed E-state index contributed by atoms with van der Waals surface area (Å²) in [5, 5.41) is 11.5. The maximum Gasteiger partial charge on any atom is 0.317 e. The third kappa shape index (κ3) is 4.18. The smallest absolute Gasteiger partial charge is 0.317 e. The van der Waals surface area contributed by atoms with Gasteiger partial charge in [0.25, 0.3) is 0 Å². The van der Waals surface area contributed by atoms with E-state index >= 15 is 0 Å². The summed E-state index contributed by atoms with van der Waals surface area (Å²) in [4.78, 5) is 26.7. The third-order valence-corrected chi connectivity index (χ3v) is 3.29. The summed E-state index contributed by atoms with van der Waals surface area (Å²) in [6.45, 7) is 6.33. The van der Waals surface area contributed by atoms with Crippen molar-refractivity contribution in [3.63, 3.8) is 0 Å². The van der Waals surface area contributed by atoms with Gasteiger partial charge in [-0.05, 0) is 26.9 Å². The predicted molar refractivity (Wildman–Crippen MR) is 68.5 cm³/mol. The molecule has 1 aliphatic rings. The number of carbonyl (C=O) groups excluding carboxylic acids is 1. The molecule has 2 amide bonds. The van der Waals surface area contributed by atoms with E-state index in [1.807, 2.05) is 14.0 Å². The summed E-state index contributed by atoms with van der Waals surface area (Å²) in [5.74, 6) is -1.45. The first kappa shape index (κ1) is 14.8. The number of hydrogen-bond donors (Lipinski definition) is 2. The summed E-state index contributed by atoms with van der Waals surface area (Å²) in [6, 6.07) is -0.0106. The van der Waals surface area contributed by atoms with Gasteiger partial charge in [0.05, 0.1) is 5.92 Å². The summed E-state index contributed by atoms with van der Waals surface area (Å²) >= 11 is 0. The highest BCUT2D eigenvalue weighted by molar-refractivity contribution is 5.76. The van der Waals surface area contributed by atoms with E-state index in [0.717, 1.165) is 26.1 Å². The molecule has 6 nitrogen and oxygen atoms in total. The van der Waals surface area contributed by atoms with E-state index in [-0.39, 0.29) is 18.6 Å². The Balaban J connectivity index is 2.47. The molecule has 18 heavy (non-hydrogen) atoms. The van der Waals surface area contributed by atoms with E-state index in [1.54, 1.807) is 11.8 Å². The van der Waals surface area contributed by atoms with Crippen LogP contribution in [0.25, 0.3) is 0 Å². The minimum atomic E-state index is -0.890. The Labute approximate surface area is 108 Å². The first-order valence-corrected chi connectivity index (χ1v) is 6.37. The Bertz CT molecular complexity index is 309. The van der Waals surface area contributed by atoms with Crippen molar-refractivity contribution in [2.24, 2.45) is 5.92 Å². The molecule has 0 spiro atoms. The number of nitrogens with one attached hydrogen (secondary N) is 1. The molecular weight excluding hydrogens is 234 g/mol. The summed E-state index contributed by atoms with van der Waals surface area (Å²) in [6.07, 6.45) is 0.947. The van der Waals surface area contributed by atoms with E-state index in [9.17, 15) is 9.59 Å². The molecule has 0 radical (unpaired) electrons. The van der Waals surface area contributed by atoms with Crippen LogP contribution in [0.15, 0.2) is 0 Å². The van der Waals surface area contributed by atoms with Gasteiger partial charge in [0.15, 0.2) is 0 Å². The monoisotopic (exact) mass is 257 g/mol. The van der Waals surface area contributed by atoms with Crippen LogP contribution in [0.4, 0.5) is 4.79 Å². The van der Waals surface area contributed by atoms with Gasteiger partial charge in [-0.15, -0.1) is 0 Å². The normalized spacial score (nSPS) is 23.3. The van der Waals surface area contributed by atoms with Crippen molar-refractivity contribution in [3.8, 4) is 0 Å². The van der Waals surface area contributed by atoms with Crippen LogP contribution in [0.5, 0.6) is 0 Å². The molecule has 1 rings (SSSR count). The molecule has 1 aliphatic heterocycles. The number of nitrogens with zero attached hydrogens (tertiary/aromatic N) is 2. The molecule has 2 unspecified atom stereocenters. The van der Waals surface area contributed by atoms with Gasteiger partial charge in [-0.25, -0.2) is 4.79 Å². The van der Waals surface area contributed by atoms with Crippen LogP contribution in [0.1, 0.15) is 20.3 Å². The number of amides is 2. The maximum absolute atomic E-state index is 12.0. The van der Waals surface area contributed by atoms with Gasteiger partial charge in [0.1, 0.15) is 0 Å². The van der Waals surface area contributed by atoms with Crippen molar-refractivity contribution in [2.75, 3.05) is 33.2 Å². The molecule has 0 bridgehead atoms. The van der Waals surface area contributed by atoms with Crippen LogP contribution in [0.2, 0.25) is 0 Å². The van der Waals surface area contributed by atoms with Crippen molar-refractivity contribution in [1.82, 2.24) is 15.1 Å². The number of urea groups is 1. The molecule has 0 aliphatic carbocycles. The van der Waals surface area contributed by atoms with E-state index in [2.05, 4.69) is 10.2 Å². The molecule has 1 saturated heterocycles. The standard InChI is InChI=1S/C12H23N3O3/c1-9(11(16)17)7-13-12(18)15-6-4-5-14(3)8-10(15)2/h9-10H,4-8H2,1-3H3,(H,13,18)(H,16,17). The Morgan fingerprint density at radius 1 is 1.44 bits per heavy atom. The second-order valence-electron chi connectivity index (χ2n) is 5.08. The van der Waals surface area contributed by atoms with Crippen LogP contribution < -0.4 is 5.32 Å². The van der Waals surface area contributed by atoms with Crippen molar-refractivity contribution in [3.05, 3.63) is 0 Å². The SMILES string of the molecule is CC(CNC(=O)N1CCCN(C)CC1C)C(=O)O. The van der Waals surface area contributed by atoms with Gasteiger partial charge in [0, 0.05) is 25.7 Å². The van der Waals surface area contributed by atoms with Crippen LogP contribution in [0.3, 0.4) is 0 Å². The lowest BCUT2D eigenvalue weighted by Crippen LogP contribution is -2.48. The van der Waals surface area contributed by atoms with Gasteiger partial charge in [-0.1, -0.05) is 6.92 Å². The van der Waals surface area contributed by atoms with Gasteiger partial charge in [-0.2, -0.15) is 0 Å². The second-order valence-corrected chi connectivity index (χ2v) is 5.08. The Morgan fingerprint density at radius 2 is 2.11 bits per heavy atom. The molecule has 104 valence electrons. The Hall–Kier alpha value is -1.30. The maximum atomic E-state index is 12.0. The Kier molecular flexibility index (Phi) is 5.40. The van der Waals surface area contributed by atoms with Crippen LogP contribution in [0, 0.1) is 5.92 Å². The molecule has 0 aromatic rings. The van der Waals surface area contributed by atoms with E-state index < -0.39 is 11.9 Å². The molecule has 6 heteroatoms. The average Bonchev–Trinajstić information content (AvgIpc) is 2.46. The van der Waals surface area contributed by atoms with Gasteiger partial charge < -0.3 is 20.2 Å². The molecule has 0 aromatic heterocycles. The number of carbonyl (C=O) groups is 2. The van der Waals surface area contributed by atoms with Crippen LogP contribution in [-0.4, -0.2) is 66.2 Å². The summed E-state index contributed by atoms with van der Waals surface area (Å²) in [7, 11) is 2.05. The van der Waals surface area contributed by atoms with Gasteiger partial charge >= 0.3 is 12.0 Å². The van der Waals surface area contributed by atoms with E-state index in [4.69, 9.17) is 5.11 Å². The molecule has 2 atom stereocenters. The third-order valence-electron chi connectivity index (χ3n) is 3.29. The van der Waals surface area contributed by atoms with E-state index in [0.29, 0.717) is 0 Å². The quantitative estimate of drug-likeness (QED) is 0.769. The fourth-order valence-electron chi connectivity index (χ4n) is 2.10. The first-order chi connectivity index (χ1) is 8.41. The number of aliphatic carboxylic acids is 1. The summed E-state index contributed by atoms with van der Waals surface area (Å²) < 4.78 is 0. The highest BCUT2D eigenvalue weighted by Gasteiger charge is 2.24. The van der Waals surface area contributed by atoms with Crippen molar-refractivity contribution < 1.29 is 14.7 Å². The molecule has 1 heterocycles. The lowest BCUT2D eigenvalue weighted by Gasteiger charge is -2.28. The molecule has 1 fully saturated rings. The minimum Gasteiger partial charge on any atom is -0.481 e. The number of carboxylic acid groups (broad SMARTS) is 1. The van der Waals surface area contributed by atoms with Gasteiger partial charge in [0.2, 0.25) is 0 Å². The molecule has 0 aromatic carbocycles. The predicted octanol–water partition coefficient (Wildman–Crippen LogP) is 0.443. The topological polar surface area (TPSA) is 72.9 Å². The molecule has 2 N–H and O–H groups in total. The minimum absolute atomic E-state index is 0.151. The van der Waals surface area contributed by atoms with Gasteiger partial charge in [-0.3, -0.25) is 4.79 Å². The zero-order valence-electron chi connectivity index (χ0n) is 11.3. The number of hydrogen-bond acceptors (Lipinski definition) is 3. The average molecular weight is 257 g/mol. The lowest BCUT2D eigenvalue weighted by molar-refractivity contribution is -0.140.